The minimum absolute atomic E-state index is 0.221. The fourth-order valence-corrected chi connectivity index (χ4v) is 0.225. The lowest BCUT2D eigenvalue weighted by Gasteiger charge is -1.87. The van der Waals surface area contributed by atoms with Crippen molar-refractivity contribution in [1.82, 2.24) is 0 Å². The Labute approximate surface area is 53.5 Å². The normalized spacial score (nSPS) is 8.89. The van der Waals surface area contributed by atoms with Crippen LogP contribution in [-0.4, -0.2) is 5.97 Å². The van der Waals surface area contributed by atoms with Crippen LogP contribution in [0.5, 0.6) is 0 Å². The van der Waals surface area contributed by atoms with E-state index in [1.807, 2.05) is 0 Å². The zero-order valence-electron chi connectivity index (χ0n) is 5.05. The highest BCUT2D eigenvalue weighted by Crippen LogP contribution is 1.83. The number of allylic oxidation sites excluding steroid dienone is 1. The van der Waals surface area contributed by atoms with Gasteiger partial charge in [-0.25, -0.2) is 0 Å². The summed E-state index contributed by atoms with van der Waals surface area (Å²) in [5, 5.41) is 7.95. The van der Waals surface area contributed by atoms with E-state index in [2.05, 4.69) is 11.0 Å². The van der Waals surface area contributed by atoms with E-state index in [0.29, 0.717) is 0 Å². The summed E-state index contributed by atoms with van der Waals surface area (Å²) in [6.07, 6.45) is 3.44. The van der Waals surface area contributed by atoms with Crippen molar-refractivity contribution in [3.8, 4) is 6.07 Å². The minimum atomic E-state index is -0.574. The number of hydrogen-bond acceptors (Lipinski definition) is 3. The SMILES string of the molecule is C/C=[C]/OC(=O)CC#N. The van der Waals surface area contributed by atoms with E-state index >= 15 is 0 Å². The summed E-state index contributed by atoms with van der Waals surface area (Å²) in [4.78, 5) is 10.3. The van der Waals surface area contributed by atoms with Crippen molar-refractivity contribution in [3.05, 3.63) is 12.3 Å². The molecule has 0 aliphatic heterocycles. The van der Waals surface area contributed by atoms with Crippen LogP contribution in [0.3, 0.4) is 0 Å². The van der Waals surface area contributed by atoms with Crippen molar-refractivity contribution in [3.63, 3.8) is 0 Å². The van der Waals surface area contributed by atoms with Gasteiger partial charge >= 0.3 is 5.97 Å². The molecule has 0 saturated heterocycles. The average Bonchev–Trinajstić information content (AvgIpc) is 1.85. The Morgan fingerprint density at radius 2 is 2.56 bits per heavy atom. The van der Waals surface area contributed by atoms with Gasteiger partial charge in [0.15, 0.2) is 6.26 Å². The maximum Gasteiger partial charge on any atom is 0.325 e. The van der Waals surface area contributed by atoms with Crippen molar-refractivity contribution in [2.45, 2.75) is 13.3 Å². The standard InChI is InChI=1S/C6H6NO2/c1-2-5-9-6(8)3-4-7/h2H,3H2,1H3. The quantitative estimate of drug-likeness (QED) is 0.403. The van der Waals surface area contributed by atoms with Gasteiger partial charge in [-0.3, -0.25) is 4.79 Å². The lowest BCUT2D eigenvalue weighted by molar-refractivity contribution is -0.137. The van der Waals surface area contributed by atoms with Gasteiger partial charge in [-0.05, 0) is 13.0 Å². The van der Waals surface area contributed by atoms with Crippen LogP contribution in [0.15, 0.2) is 6.08 Å². The molecule has 3 heteroatoms. The Morgan fingerprint density at radius 1 is 1.89 bits per heavy atom. The van der Waals surface area contributed by atoms with Crippen molar-refractivity contribution in [2.75, 3.05) is 0 Å². The zero-order valence-corrected chi connectivity index (χ0v) is 5.05. The fourth-order valence-electron chi connectivity index (χ4n) is 0.225. The molecule has 3 nitrogen and oxygen atoms in total. The Morgan fingerprint density at radius 3 is 3.00 bits per heavy atom. The van der Waals surface area contributed by atoms with Crippen molar-refractivity contribution in [1.29, 1.82) is 5.26 Å². The molecule has 0 amide bonds. The maximum atomic E-state index is 10.3. The summed E-state index contributed by atoms with van der Waals surface area (Å²) < 4.78 is 4.26. The molecular weight excluding hydrogens is 118 g/mol. The summed E-state index contributed by atoms with van der Waals surface area (Å²) in [5.41, 5.74) is 0. The highest BCUT2D eigenvalue weighted by atomic mass is 16.5. The van der Waals surface area contributed by atoms with Gasteiger partial charge in [0.05, 0.1) is 6.07 Å². The van der Waals surface area contributed by atoms with Gasteiger partial charge < -0.3 is 4.74 Å². The number of carbonyl (C=O) groups is 1. The van der Waals surface area contributed by atoms with Crippen LogP contribution in [0.25, 0.3) is 0 Å². The number of rotatable bonds is 2. The van der Waals surface area contributed by atoms with Gasteiger partial charge in [0.1, 0.15) is 6.42 Å². The lowest BCUT2D eigenvalue weighted by atomic mass is 10.5. The molecule has 0 bridgehead atoms. The monoisotopic (exact) mass is 124 g/mol. The maximum absolute atomic E-state index is 10.3. The predicted octanol–water partition coefficient (Wildman–Crippen LogP) is 0.780. The van der Waals surface area contributed by atoms with Gasteiger partial charge in [-0.2, -0.15) is 5.26 Å². The molecule has 1 radical (unpaired) electrons. The first-order chi connectivity index (χ1) is 4.31. The Kier molecular flexibility index (Phi) is 4.15. The topological polar surface area (TPSA) is 50.1 Å². The molecule has 0 atom stereocenters. The second-order valence-electron chi connectivity index (χ2n) is 1.22. The third-order valence-corrected chi connectivity index (χ3v) is 0.514. The van der Waals surface area contributed by atoms with Crippen LogP contribution in [-0.2, 0) is 9.53 Å². The number of ether oxygens (including phenoxy) is 1. The van der Waals surface area contributed by atoms with E-state index in [9.17, 15) is 4.79 Å². The summed E-state index contributed by atoms with van der Waals surface area (Å²) >= 11 is 0. The van der Waals surface area contributed by atoms with Gasteiger partial charge in [-0.1, -0.05) is 0 Å². The summed E-state index contributed by atoms with van der Waals surface area (Å²) in [5.74, 6) is -0.574. The van der Waals surface area contributed by atoms with Gasteiger partial charge in [0.25, 0.3) is 0 Å². The van der Waals surface area contributed by atoms with Crippen LogP contribution in [0.4, 0.5) is 0 Å². The number of nitrogens with zero attached hydrogens (tertiary/aromatic N) is 1. The second kappa shape index (κ2) is 4.85. The Hall–Kier alpha value is -1.30. The highest BCUT2D eigenvalue weighted by molar-refractivity contribution is 5.71. The third-order valence-electron chi connectivity index (χ3n) is 0.514. The second-order valence-corrected chi connectivity index (χ2v) is 1.22. The van der Waals surface area contributed by atoms with E-state index in [4.69, 9.17) is 5.26 Å². The van der Waals surface area contributed by atoms with Crippen LogP contribution in [0.2, 0.25) is 0 Å². The molecule has 9 heavy (non-hydrogen) atoms. The lowest BCUT2D eigenvalue weighted by Crippen LogP contribution is -1.96. The Bertz CT molecular complexity index is 155. The molecule has 0 aromatic carbocycles. The molecule has 0 aliphatic rings. The molecule has 0 saturated carbocycles. The van der Waals surface area contributed by atoms with Crippen LogP contribution >= 0.6 is 0 Å². The van der Waals surface area contributed by atoms with E-state index in [1.54, 1.807) is 13.0 Å². The molecule has 0 aliphatic carbocycles. The van der Waals surface area contributed by atoms with E-state index < -0.39 is 5.97 Å². The fraction of sp³-hybridized carbons (Fsp3) is 0.333. The molecule has 47 valence electrons. The van der Waals surface area contributed by atoms with Gasteiger partial charge in [0, 0.05) is 0 Å². The first-order valence-electron chi connectivity index (χ1n) is 2.41. The smallest absolute Gasteiger partial charge is 0.325 e. The van der Waals surface area contributed by atoms with Gasteiger partial charge in [-0.15, -0.1) is 0 Å². The summed E-state index contributed by atoms with van der Waals surface area (Å²) in [6, 6.07) is 1.65. The van der Waals surface area contributed by atoms with Gasteiger partial charge in [0.2, 0.25) is 0 Å². The van der Waals surface area contributed by atoms with E-state index in [-0.39, 0.29) is 6.42 Å². The Balaban J connectivity index is 3.42. The van der Waals surface area contributed by atoms with Crippen molar-refractivity contribution < 1.29 is 9.53 Å². The molecule has 0 fully saturated rings. The minimum Gasteiger partial charge on any atom is -0.422 e. The molecule has 0 rings (SSSR count). The average molecular weight is 124 g/mol. The number of hydrogen-bond donors (Lipinski definition) is 0. The van der Waals surface area contributed by atoms with E-state index in [0.717, 1.165) is 0 Å². The van der Waals surface area contributed by atoms with Crippen molar-refractivity contribution >= 4 is 5.97 Å². The first-order valence-corrected chi connectivity index (χ1v) is 2.41. The zero-order chi connectivity index (χ0) is 7.11. The van der Waals surface area contributed by atoms with E-state index in [1.165, 1.54) is 6.08 Å². The largest absolute Gasteiger partial charge is 0.422 e. The predicted molar refractivity (Wildman–Crippen MR) is 29.8 cm³/mol. The number of carbonyl (C=O) groups excluding carboxylic acids is 1. The molecule has 0 spiro atoms. The number of esters is 1. The summed E-state index contributed by atoms with van der Waals surface area (Å²) in [6.45, 7) is 1.67. The first kappa shape index (κ1) is 7.70. The molecule has 0 unspecified atom stereocenters. The molecular formula is C6H6NO2. The third kappa shape index (κ3) is 4.56. The molecule has 0 aromatic rings. The molecule has 0 aromatic heterocycles. The molecule has 0 heterocycles. The summed E-state index contributed by atoms with van der Waals surface area (Å²) in [7, 11) is 0. The van der Waals surface area contributed by atoms with Crippen LogP contribution < -0.4 is 0 Å². The van der Waals surface area contributed by atoms with Crippen molar-refractivity contribution in [2.24, 2.45) is 0 Å². The van der Waals surface area contributed by atoms with Crippen LogP contribution in [0, 0.1) is 17.6 Å². The van der Waals surface area contributed by atoms with Crippen LogP contribution in [0.1, 0.15) is 13.3 Å². The number of nitriles is 1. The molecule has 0 N–H and O–H groups in total. The highest BCUT2D eigenvalue weighted by Gasteiger charge is 1.96.